The predicted molar refractivity (Wildman–Crippen MR) is 74.1 cm³/mol. The molecule has 17 heavy (non-hydrogen) atoms. The summed E-state index contributed by atoms with van der Waals surface area (Å²) in [6, 6.07) is 8.35. The maximum absolute atomic E-state index is 6.13. The van der Waals surface area contributed by atoms with Gasteiger partial charge in [-0.1, -0.05) is 35.7 Å². The standard InChI is InChI=1S/C14H19ClN2/c1-4-9-16-10-12(2)17(3)11-13-7-5-6-8-14(13)15/h1,5-8,12,16H,9-11H2,2-3H3. The van der Waals surface area contributed by atoms with E-state index in [-0.39, 0.29) is 0 Å². The highest BCUT2D eigenvalue weighted by Crippen LogP contribution is 2.17. The summed E-state index contributed by atoms with van der Waals surface area (Å²) in [4.78, 5) is 2.25. The van der Waals surface area contributed by atoms with Crippen LogP contribution in [0, 0.1) is 12.3 Å². The normalized spacial score (nSPS) is 12.4. The van der Waals surface area contributed by atoms with Crippen molar-refractivity contribution in [3.8, 4) is 12.3 Å². The molecular formula is C14H19ClN2. The minimum atomic E-state index is 0.416. The molecule has 0 radical (unpaired) electrons. The Morgan fingerprint density at radius 3 is 2.82 bits per heavy atom. The molecule has 0 aliphatic carbocycles. The van der Waals surface area contributed by atoms with Gasteiger partial charge in [-0.3, -0.25) is 4.90 Å². The lowest BCUT2D eigenvalue weighted by Gasteiger charge is -2.25. The molecule has 0 aliphatic rings. The summed E-state index contributed by atoms with van der Waals surface area (Å²) in [5.41, 5.74) is 1.15. The van der Waals surface area contributed by atoms with E-state index in [1.54, 1.807) is 0 Å². The summed E-state index contributed by atoms with van der Waals surface area (Å²) in [5.74, 6) is 2.57. The Labute approximate surface area is 109 Å². The van der Waals surface area contributed by atoms with Crippen LogP contribution in [-0.2, 0) is 6.54 Å². The van der Waals surface area contributed by atoms with Gasteiger partial charge in [-0.25, -0.2) is 0 Å². The lowest BCUT2D eigenvalue weighted by Crippen LogP contribution is -2.37. The van der Waals surface area contributed by atoms with E-state index >= 15 is 0 Å². The van der Waals surface area contributed by atoms with Crippen LogP contribution in [0.3, 0.4) is 0 Å². The number of rotatable bonds is 6. The van der Waals surface area contributed by atoms with E-state index in [4.69, 9.17) is 18.0 Å². The Kier molecular flexibility index (Phi) is 6.07. The highest BCUT2D eigenvalue weighted by molar-refractivity contribution is 6.31. The number of likely N-dealkylation sites (N-methyl/N-ethyl adjacent to an activating group) is 1. The molecule has 2 nitrogen and oxygen atoms in total. The van der Waals surface area contributed by atoms with Gasteiger partial charge in [0.2, 0.25) is 0 Å². The van der Waals surface area contributed by atoms with E-state index in [1.165, 1.54) is 0 Å². The second-order valence-electron chi connectivity index (χ2n) is 4.19. The molecule has 1 aromatic carbocycles. The van der Waals surface area contributed by atoms with Crippen LogP contribution in [0.2, 0.25) is 5.02 Å². The first-order valence-electron chi connectivity index (χ1n) is 5.73. The van der Waals surface area contributed by atoms with E-state index in [1.807, 2.05) is 18.2 Å². The zero-order valence-electron chi connectivity index (χ0n) is 10.4. The monoisotopic (exact) mass is 250 g/mol. The van der Waals surface area contributed by atoms with Crippen molar-refractivity contribution in [2.24, 2.45) is 0 Å². The molecule has 0 amide bonds. The van der Waals surface area contributed by atoms with Crippen LogP contribution < -0.4 is 5.32 Å². The topological polar surface area (TPSA) is 15.3 Å². The van der Waals surface area contributed by atoms with Gasteiger partial charge in [-0.2, -0.15) is 0 Å². The van der Waals surface area contributed by atoms with E-state index in [2.05, 4.69) is 36.2 Å². The van der Waals surface area contributed by atoms with E-state index in [0.29, 0.717) is 12.6 Å². The fourth-order valence-electron chi connectivity index (χ4n) is 1.56. The number of nitrogens with zero attached hydrogens (tertiary/aromatic N) is 1. The minimum absolute atomic E-state index is 0.416. The Balaban J connectivity index is 2.46. The Morgan fingerprint density at radius 2 is 2.18 bits per heavy atom. The van der Waals surface area contributed by atoms with Crippen LogP contribution in [0.4, 0.5) is 0 Å². The molecule has 1 rings (SSSR count). The molecule has 0 bridgehead atoms. The van der Waals surface area contributed by atoms with Crippen LogP contribution >= 0.6 is 11.6 Å². The van der Waals surface area contributed by atoms with Gasteiger partial charge in [0.1, 0.15) is 0 Å². The van der Waals surface area contributed by atoms with Crippen LogP contribution in [0.25, 0.3) is 0 Å². The van der Waals surface area contributed by atoms with Gasteiger partial charge in [0.15, 0.2) is 0 Å². The first-order chi connectivity index (χ1) is 8.15. The van der Waals surface area contributed by atoms with E-state index in [0.717, 1.165) is 23.7 Å². The Hall–Kier alpha value is -1.01. The van der Waals surface area contributed by atoms with Gasteiger partial charge in [0, 0.05) is 24.2 Å². The molecule has 0 saturated carbocycles. The zero-order chi connectivity index (χ0) is 12.7. The average molecular weight is 251 g/mol. The fourth-order valence-corrected chi connectivity index (χ4v) is 1.76. The van der Waals surface area contributed by atoms with Gasteiger partial charge >= 0.3 is 0 Å². The number of benzene rings is 1. The molecule has 92 valence electrons. The fraction of sp³-hybridized carbons (Fsp3) is 0.429. The van der Waals surface area contributed by atoms with Crippen LogP contribution in [0.1, 0.15) is 12.5 Å². The number of terminal acetylenes is 1. The molecule has 1 atom stereocenters. The summed E-state index contributed by atoms with van der Waals surface area (Å²) >= 11 is 6.13. The van der Waals surface area contributed by atoms with Crippen molar-refractivity contribution in [1.29, 1.82) is 0 Å². The molecule has 0 aliphatic heterocycles. The lowest BCUT2D eigenvalue weighted by atomic mass is 10.2. The van der Waals surface area contributed by atoms with Crippen molar-refractivity contribution in [3.63, 3.8) is 0 Å². The Bertz CT molecular complexity index is 384. The molecule has 1 aromatic rings. The van der Waals surface area contributed by atoms with Gasteiger partial charge in [-0.15, -0.1) is 6.42 Å². The smallest absolute Gasteiger partial charge is 0.0574 e. The third-order valence-corrected chi connectivity index (χ3v) is 3.17. The van der Waals surface area contributed by atoms with Crippen molar-refractivity contribution in [2.75, 3.05) is 20.1 Å². The summed E-state index contributed by atoms with van der Waals surface area (Å²) in [6.07, 6.45) is 5.19. The summed E-state index contributed by atoms with van der Waals surface area (Å²) in [7, 11) is 2.09. The van der Waals surface area contributed by atoms with E-state index < -0.39 is 0 Å². The largest absolute Gasteiger partial charge is 0.305 e. The van der Waals surface area contributed by atoms with Crippen molar-refractivity contribution in [3.05, 3.63) is 34.9 Å². The van der Waals surface area contributed by atoms with E-state index in [9.17, 15) is 0 Å². The first kappa shape index (κ1) is 14.1. The number of hydrogen-bond donors (Lipinski definition) is 1. The third-order valence-electron chi connectivity index (χ3n) is 2.80. The lowest BCUT2D eigenvalue weighted by molar-refractivity contribution is 0.245. The molecule has 0 heterocycles. The molecule has 1 unspecified atom stereocenters. The Morgan fingerprint density at radius 1 is 1.47 bits per heavy atom. The molecule has 0 spiro atoms. The number of nitrogens with one attached hydrogen (secondary N) is 1. The molecule has 0 saturated heterocycles. The SMILES string of the molecule is C#CCNCC(C)N(C)Cc1ccccc1Cl. The van der Waals surface area contributed by atoms with Crippen molar-refractivity contribution in [1.82, 2.24) is 10.2 Å². The number of halogens is 1. The van der Waals surface area contributed by atoms with Gasteiger partial charge in [-0.05, 0) is 25.6 Å². The van der Waals surface area contributed by atoms with Crippen LogP contribution in [-0.4, -0.2) is 31.1 Å². The van der Waals surface area contributed by atoms with Crippen molar-refractivity contribution in [2.45, 2.75) is 19.5 Å². The highest BCUT2D eigenvalue weighted by Gasteiger charge is 2.10. The van der Waals surface area contributed by atoms with Gasteiger partial charge < -0.3 is 5.32 Å². The summed E-state index contributed by atoms with van der Waals surface area (Å²) < 4.78 is 0. The van der Waals surface area contributed by atoms with Crippen LogP contribution in [0.15, 0.2) is 24.3 Å². The molecule has 0 fully saturated rings. The number of hydrogen-bond acceptors (Lipinski definition) is 2. The average Bonchev–Trinajstić information content (AvgIpc) is 2.32. The van der Waals surface area contributed by atoms with Crippen molar-refractivity contribution >= 4 is 11.6 Å². The second-order valence-corrected chi connectivity index (χ2v) is 4.60. The third kappa shape index (κ3) is 4.79. The maximum Gasteiger partial charge on any atom is 0.0574 e. The highest BCUT2D eigenvalue weighted by atomic mass is 35.5. The second kappa shape index (κ2) is 7.34. The van der Waals surface area contributed by atoms with Crippen molar-refractivity contribution < 1.29 is 0 Å². The quantitative estimate of drug-likeness (QED) is 0.616. The van der Waals surface area contributed by atoms with Gasteiger partial charge in [0.25, 0.3) is 0 Å². The minimum Gasteiger partial charge on any atom is -0.305 e. The zero-order valence-corrected chi connectivity index (χ0v) is 11.2. The van der Waals surface area contributed by atoms with Gasteiger partial charge in [0.05, 0.1) is 6.54 Å². The predicted octanol–water partition coefficient (Wildman–Crippen LogP) is 2.38. The molecule has 0 aromatic heterocycles. The van der Waals surface area contributed by atoms with Crippen LogP contribution in [0.5, 0.6) is 0 Å². The maximum atomic E-state index is 6.13. The summed E-state index contributed by atoms with van der Waals surface area (Å²) in [6.45, 7) is 4.51. The molecule has 1 N–H and O–H groups in total. The molecule has 3 heteroatoms. The summed E-state index contributed by atoms with van der Waals surface area (Å²) in [5, 5.41) is 4.03. The molecular weight excluding hydrogens is 232 g/mol. The first-order valence-corrected chi connectivity index (χ1v) is 6.10.